The summed E-state index contributed by atoms with van der Waals surface area (Å²) in [6.45, 7) is 13.5. The van der Waals surface area contributed by atoms with Crippen LogP contribution >= 0.6 is 11.8 Å². The highest BCUT2D eigenvalue weighted by Crippen LogP contribution is 2.35. The molecule has 5 heteroatoms. The molecule has 4 aromatic heterocycles. The highest BCUT2D eigenvalue weighted by atomic mass is 32.2. The lowest BCUT2D eigenvalue weighted by Gasteiger charge is -2.22. The van der Waals surface area contributed by atoms with Crippen LogP contribution in [0.1, 0.15) is 52.7 Å². The Labute approximate surface area is 234 Å². The SMILES string of the molecule is CC(C)(C)c1cc(Sc2cc(C(C)(C)C)cc(-n3ccc4ccccc43)n2)nc(-n2ccc3ccccc32)c1. The van der Waals surface area contributed by atoms with E-state index in [1.807, 2.05) is 0 Å². The fraction of sp³-hybridized carbons (Fsp3) is 0.235. The highest BCUT2D eigenvalue weighted by Gasteiger charge is 2.21. The molecule has 0 bridgehead atoms. The number of rotatable bonds is 4. The Kier molecular flexibility index (Phi) is 6.15. The van der Waals surface area contributed by atoms with E-state index >= 15 is 0 Å². The molecule has 6 rings (SSSR count). The van der Waals surface area contributed by atoms with Crippen LogP contribution in [-0.4, -0.2) is 19.1 Å². The van der Waals surface area contributed by atoms with E-state index in [2.05, 4.69) is 148 Å². The molecule has 0 aliphatic rings. The molecule has 4 nitrogen and oxygen atoms in total. The molecule has 0 aliphatic carbocycles. The van der Waals surface area contributed by atoms with Crippen LogP contribution in [-0.2, 0) is 10.8 Å². The largest absolute Gasteiger partial charge is 0.301 e. The second kappa shape index (κ2) is 9.42. The summed E-state index contributed by atoms with van der Waals surface area (Å²) in [6, 6.07) is 30.1. The van der Waals surface area contributed by atoms with Crippen molar-refractivity contribution in [3.05, 3.63) is 108 Å². The number of benzene rings is 2. The van der Waals surface area contributed by atoms with Gasteiger partial charge in [0.15, 0.2) is 0 Å². The number of para-hydroxylation sites is 2. The molecule has 0 unspecified atom stereocenters. The number of nitrogens with zero attached hydrogens (tertiary/aromatic N) is 4. The number of pyridine rings is 2. The van der Waals surface area contributed by atoms with E-state index in [0.29, 0.717) is 0 Å². The van der Waals surface area contributed by atoms with Crippen LogP contribution in [0.15, 0.2) is 107 Å². The molecule has 0 radical (unpaired) electrons. The summed E-state index contributed by atoms with van der Waals surface area (Å²) in [5, 5.41) is 4.30. The fourth-order valence-electron chi connectivity index (χ4n) is 4.87. The van der Waals surface area contributed by atoms with Gasteiger partial charge in [-0.2, -0.15) is 0 Å². The Morgan fingerprint density at radius 1 is 0.538 bits per heavy atom. The van der Waals surface area contributed by atoms with Gasteiger partial charge in [0.25, 0.3) is 0 Å². The normalized spacial score (nSPS) is 12.5. The molecule has 0 N–H and O–H groups in total. The van der Waals surface area contributed by atoms with Crippen molar-refractivity contribution >= 4 is 33.6 Å². The van der Waals surface area contributed by atoms with E-state index in [1.54, 1.807) is 11.8 Å². The maximum absolute atomic E-state index is 5.15. The molecule has 0 amide bonds. The predicted molar refractivity (Wildman–Crippen MR) is 164 cm³/mol. The molecule has 4 heterocycles. The van der Waals surface area contributed by atoms with Crippen LogP contribution < -0.4 is 0 Å². The molecule has 6 aromatic rings. The van der Waals surface area contributed by atoms with E-state index in [0.717, 1.165) is 32.7 Å². The van der Waals surface area contributed by atoms with Gasteiger partial charge in [0.05, 0.1) is 11.0 Å². The topological polar surface area (TPSA) is 35.6 Å². The number of hydrogen-bond donors (Lipinski definition) is 0. The van der Waals surface area contributed by atoms with Crippen molar-refractivity contribution in [1.82, 2.24) is 19.1 Å². The van der Waals surface area contributed by atoms with Crippen LogP contribution in [0.4, 0.5) is 0 Å². The van der Waals surface area contributed by atoms with Gasteiger partial charge in [-0.05, 0) is 93.0 Å². The lowest BCUT2D eigenvalue weighted by Crippen LogP contribution is -2.14. The summed E-state index contributed by atoms with van der Waals surface area (Å²) >= 11 is 1.63. The minimum atomic E-state index is -0.0220. The zero-order valence-electron chi connectivity index (χ0n) is 23.4. The average molecular weight is 531 g/mol. The maximum atomic E-state index is 5.15. The number of fused-ring (bicyclic) bond motifs is 2. The highest BCUT2D eigenvalue weighted by molar-refractivity contribution is 7.99. The molecular formula is C34H34N4S. The average Bonchev–Trinajstić information content (AvgIpc) is 3.52. The van der Waals surface area contributed by atoms with Gasteiger partial charge >= 0.3 is 0 Å². The van der Waals surface area contributed by atoms with Crippen LogP contribution in [0.3, 0.4) is 0 Å². The summed E-state index contributed by atoms with van der Waals surface area (Å²) in [5.41, 5.74) is 4.76. The second-order valence-electron chi connectivity index (χ2n) is 12.2. The van der Waals surface area contributed by atoms with Crippen molar-refractivity contribution in [3.63, 3.8) is 0 Å². The van der Waals surface area contributed by atoms with Crippen molar-refractivity contribution in [2.24, 2.45) is 0 Å². The first-order valence-corrected chi connectivity index (χ1v) is 14.2. The second-order valence-corrected chi connectivity index (χ2v) is 13.2. The number of hydrogen-bond acceptors (Lipinski definition) is 3. The Morgan fingerprint density at radius 2 is 0.949 bits per heavy atom. The molecule has 0 spiro atoms. The van der Waals surface area contributed by atoms with Gasteiger partial charge in [0, 0.05) is 12.4 Å². The van der Waals surface area contributed by atoms with E-state index in [-0.39, 0.29) is 10.8 Å². The third kappa shape index (κ3) is 4.99. The summed E-state index contributed by atoms with van der Waals surface area (Å²) < 4.78 is 4.37. The molecule has 0 fully saturated rings. The van der Waals surface area contributed by atoms with Crippen LogP contribution in [0.2, 0.25) is 0 Å². The van der Waals surface area contributed by atoms with Gasteiger partial charge < -0.3 is 9.13 Å². The minimum Gasteiger partial charge on any atom is -0.301 e. The van der Waals surface area contributed by atoms with Crippen LogP contribution in [0.5, 0.6) is 0 Å². The summed E-state index contributed by atoms with van der Waals surface area (Å²) in [4.78, 5) is 10.3. The van der Waals surface area contributed by atoms with Gasteiger partial charge in [-0.15, -0.1) is 0 Å². The van der Waals surface area contributed by atoms with Crippen molar-refractivity contribution < 1.29 is 0 Å². The van der Waals surface area contributed by atoms with Crippen molar-refractivity contribution in [2.75, 3.05) is 0 Å². The monoisotopic (exact) mass is 530 g/mol. The van der Waals surface area contributed by atoms with Crippen molar-refractivity contribution in [1.29, 1.82) is 0 Å². The Bertz CT molecular complexity index is 1680. The van der Waals surface area contributed by atoms with Gasteiger partial charge in [-0.3, -0.25) is 0 Å². The summed E-state index contributed by atoms with van der Waals surface area (Å²) in [5.74, 6) is 1.85. The Morgan fingerprint density at radius 3 is 1.36 bits per heavy atom. The van der Waals surface area contributed by atoms with E-state index in [1.165, 1.54) is 21.9 Å². The third-order valence-electron chi connectivity index (χ3n) is 7.21. The van der Waals surface area contributed by atoms with Gasteiger partial charge in [-0.25, -0.2) is 9.97 Å². The third-order valence-corrected chi connectivity index (χ3v) is 8.05. The first-order chi connectivity index (χ1) is 18.6. The quantitative estimate of drug-likeness (QED) is 0.228. The molecule has 0 saturated carbocycles. The molecular weight excluding hydrogens is 496 g/mol. The Hall–Kier alpha value is -3.83. The minimum absolute atomic E-state index is 0.0220. The number of aromatic nitrogens is 4. The van der Waals surface area contributed by atoms with Gasteiger partial charge in [-0.1, -0.05) is 77.9 Å². The standard InChI is InChI=1S/C34H34N4S/c1-33(2,3)25-19-29(37-17-15-23-11-7-9-13-27(23)37)35-31(21-25)39-32-22-26(34(4,5)6)20-30(36-32)38-18-16-24-12-8-10-14-28(24)38/h7-22H,1-6H3. The first kappa shape index (κ1) is 25.4. The van der Waals surface area contributed by atoms with E-state index in [4.69, 9.17) is 9.97 Å². The fourth-order valence-corrected chi connectivity index (χ4v) is 5.74. The smallest absolute Gasteiger partial charge is 0.138 e. The molecule has 0 saturated heterocycles. The summed E-state index contributed by atoms with van der Waals surface area (Å²) in [7, 11) is 0. The Balaban J connectivity index is 1.48. The van der Waals surface area contributed by atoms with Crippen LogP contribution in [0.25, 0.3) is 33.4 Å². The zero-order chi connectivity index (χ0) is 27.4. The molecule has 0 atom stereocenters. The van der Waals surface area contributed by atoms with Crippen LogP contribution in [0, 0.1) is 0 Å². The maximum Gasteiger partial charge on any atom is 0.138 e. The predicted octanol–water partition coefficient (Wildman–Crippen LogP) is 9.11. The van der Waals surface area contributed by atoms with E-state index in [9.17, 15) is 0 Å². The molecule has 39 heavy (non-hydrogen) atoms. The molecule has 0 aliphatic heterocycles. The molecule has 196 valence electrons. The van der Waals surface area contributed by atoms with Crippen molar-refractivity contribution in [2.45, 2.75) is 62.4 Å². The van der Waals surface area contributed by atoms with E-state index < -0.39 is 0 Å². The van der Waals surface area contributed by atoms with Crippen molar-refractivity contribution in [3.8, 4) is 11.6 Å². The first-order valence-electron chi connectivity index (χ1n) is 13.4. The molecule has 2 aromatic carbocycles. The van der Waals surface area contributed by atoms with Gasteiger partial charge in [0.1, 0.15) is 21.7 Å². The zero-order valence-corrected chi connectivity index (χ0v) is 24.3. The lowest BCUT2D eigenvalue weighted by molar-refractivity contribution is 0.585. The summed E-state index contributed by atoms with van der Waals surface area (Å²) in [6.07, 6.45) is 4.23. The van der Waals surface area contributed by atoms with Gasteiger partial charge in [0.2, 0.25) is 0 Å². The lowest BCUT2D eigenvalue weighted by atomic mass is 9.88.